The summed E-state index contributed by atoms with van der Waals surface area (Å²) in [7, 11) is 0. The number of carbonyl (C=O) groups is 1. The van der Waals surface area contributed by atoms with Gasteiger partial charge in [0.15, 0.2) is 0 Å². The first-order valence-corrected chi connectivity index (χ1v) is 4.86. The van der Waals surface area contributed by atoms with Gasteiger partial charge >= 0.3 is 5.97 Å². The summed E-state index contributed by atoms with van der Waals surface area (Å²) >= 11 is 0. The Bertz CT molecular complexity index is 608. The fourth-order valence-corrected chi connectivity index (χ4v) is 1.29. The van der Waals surface area contributed by atoms with Crippen LogP contribution in [-0.2, 0) is 0 Å². The van der Waals surface area contributed by atoms with Crippen LogP contribution in [0.4, 0.5) is 10.1 Å². The van der Waals surface area contributed by atoms with Gasteiger partial charge in [0, 0.05) is 23.1 Å². The van der Waals surface area contributed by atoms with Crippen molar-refractivity contribution in [1.29, 1.82) is 0 Å². The van der Waals surface area contributed by atoms with Crippen LogP contribution >= 0.6 is 0 Å². The molecule has 1 N–H and O–H groups in total. The van der Waals surface area contributed by atoms with E-state index >= 15 is 0 Å². The highest BCUT2D eigenvalue weighted by Gasteiger charge is 2.22. The number of hydrogen-bond acceptors (Lipinski definition) is 4. The Morgan fingerprint density at radius 3 is 2.84 bits per heavy atom. The third-order valence-corrected chi connectivity index (χ3v) is 2.09. The monoisotopic (exact) mass is 266 g/mol. The second-order valence-corrected chi connectivity index (χ2v) is 3.27. The maximum atomic E-state index is 13.5. The topological polar surface area (TPSA) is 129 Å². The van der Waals surface area contributed by atoms with Crippen molar-refractivity contribution in [3.63, 3.8) is 0 Å². The first kappa shape index (κ1) is 14.1. The van der Waals surface area contributed by atoms with E-state index < -0.39 is 28.0 Å². The van der Waals surface area contributed by atoms with Gasteiger partial charge in [-0.1, -0.05) is 17.3 Å². The predicted molar refractivity (Wildman–Crippen MR) is 63.1 cm³/mol. The molecule has 0 saturated carbocycles. The van der Waals surface area contributed by atoms with Gasteiger partial charge in [-0.05, 0) is 11.6 Å². The van der Waals surface area contributed by atoms with Gasteiger partial charge in [-0.2, -0.15) is 0 Å². The smallest absolute Gasteiger partial charge is 0.342 e. The number of hydrogen-bond donors (Lipinski definition) is 1. The van der Waals surface area contributed by atoms with Crippen LogP contribution in [0.2, 0.25) is 0 Å². The van der Waals surface area contributed by atoms with Crippen molar-refractivity contribution in [2.45, 2.75) is 0 Å². The van der Waals surface area contributed by atoms with Gasteiger partial charge in [-0.15, -0.1) is 0 Å². The molecule has 0 spiro atoms. The normalized spacial score (nSPS) is 10.2. The standard InChI is InChI=1S/C10H7FN4O4/c11-8-5-7(10(16)17)9(15(18)19)4-6(8)2-1-3-13-14-12/h1-2,4-5H,3H2,(H,16,17). The number of nitro groups is 1. The third kappa shape index (κ3) is 3.51. The molecule has 1 aromatic rings. The lowest BCUT2D eigenvalue weighted by Crippen LogP contribution is -2.04. The zero-order valence-corrected chi connectivity index (χ0v) is 9.36. The van der Waals surface area contributed by atoms with E-state index in [1.165, 1.54) is 12.2 Å². The number of carboxylic acid groups (broad SMARTS) is 1. The minimum Gasteiger partial charge on any atom is -0.477 e. The van der Waals surface area contributed by atoms with E-state index in [-0.39, 0.29) is 12.1 Å². The van der Waals surface area contributed by atoms with Gasteiger partial charge in [0.25, 0.3) is 5.69 Å². The Kier molecular flexibility index (Phi) is 4.56. The fourth-order valence-electron chi connectivity index (χ4n) is 1.29. The molecule has 1 aromatic carbocycles. The Morgan fingerprint density at radius 2 is 2.32 bits per heavy atom. The summed E-state index contributed by atoms with van der Waals surface area (Å²) in [6.45, 7) is -0.0512. The molecule has 0 aliphatic heterocycles. The van der Waals surface area contributed by atoms with Crippen LogP contribution in [-0.4, -0.2) is 22.5 Å². The largest absolute Gasteiger partial charge is 0.477 e. The lowest BCUT2D eigenvalue weighted by atomic mass is 10.1. The Balaban J connectivity index is 3.24. The molecule has 0 aliphatic rings. The average molecular weight is 266 g/mol. The minimum absolute atomic E-state index is 0.0512. The van der Waals surface area contributed by atoms with E-state index in [0.717, 1.165) is 6.07 Å². The van der Waals surface area contributed by atoms with Crippen LogP contribution in [0.1, 0.15) is 15.9 Å². The van der Waals surface area contributed by atoms with E-state index in [2.05, 4.69) is 10.0 Å². The number of benzene rings is 1. The van der Waals surface area contributed by atoms with E-state index in [1.54, 1.807) is 0 Å². The molecule has 0 bridgehead atoms. The predicted octanol–water partition coefficient (Wildman–Crippen LogP) is 2.76. The van der Waals surface area contributed by atoms with Crippen LogP contribution in [0.3, 0.4) is 0 Å². The van der Waals surface area contributed by atoms with Crippen LogP contribution in [0, 0.1) is 15.9 Å². The fraction of sp³-hybridized carbons (Fsp3) is 0.100. The molecule has 0 aromatic heterocycles. The van der Waals surface area contributed by atoms with Crippen LogP contribution in [0.5, 0.6) is 0 Å². The zero-order valence-electron chi connectivity index (χ0n) is 9.36. The van der Waals surface area contributed by atoms with E-state index in [4.69, 9.17) is 10.6 Å². The highest BCUT2D eigenvalue weighted by Crippen LogP contribution is 2.24. The molecular weight excluding hydrogens is 259 g/mol. The van der Waals surface area contributed by atoms with Crippen molar-refractivity contribution in [2.75, 3.05) is 6.54 Å². The summed E-state index contributed by atoms with van der Waals surface area (Å²) < 4.78 is 13.5. The van der Waals surface area contributed by atoms with Crippen LogP contribution in [0.25, 0.3) is 16.5 Å². The maximum Gasteiger partial charge on any atom is 0.342 e. The summed E-state index contributed by atoms with van der Waals surface area (Å²) in [5.74, 6) is -2.50. The molecule has 0 unspecified atom stereocenters. The van der Waals surface area contributed by atoms with Crippen molar-refractivity contribution in [3.8, 4) is 0 Å². The van der Waals surface area contributed by atoms with Gasteiger partial charge in [-0.3, -0.25) is 10.1 Å². The van der Waals surface area contributed by atoms with E-state index in [0.29, 0.717) is 6.07 Å². The number of carboxylic acids is 1. The molecule has 98 valence electrons. The first-order chi connectivity index (χ1) is 8.97. The third-order valence-electron chi connectivity index (χ3n) is 2.09. The molecular formula is C10H7FN4O4. The molecule has 0 saturated heterocycles. The number of nitro benzene ring substituents is 1. The number of halogens is 1. The molecule has 1 rings (SSSR count). The van der Waals surface area contributed by atoms with E-state index in [9.17, 15) is 19.3 Å². The van der Waals surface area contributed by atoms with Crippen molar-refractivity contribution >= 4 is 17.7 Å². The van der Waals surface area contributed by atoms with Crippen molar-refractivity contribution < 1.29 is 19.2 Å². The SMILES string of the molecule is [N-]=[N+]=NCC=Cc1cc([N+](=O)[O-])c(C(=O)O)cc1F. The minimum atomic E-state index is -1.59. The molecule has 0 radical (unpaired) electrons. The number of rotatable bonds is 5. The quantitative estimate of drug-likeness (QED) is 0.288. The lowest BCUT2D eigenvalue weighted by Gasteiger charge is -2.01. The number of azide groups is 1. The Morgan fingerprint density at radius 1 is 1.63 bits per heavy atom. The molecule has 19 heavy (non-hydrogen) atoms. The second kappa shape index (κ2) is 6.12. The lowest BCUT2D eigenvalue weighted by molar-refractivity contribution is -0.385. The van der Waals surface area contributed by atoms with Gasteiger partial charge in [0.1, 0.15) is 11.4 Å². The molecule has 0 atom stereocenters. The number of aromatic carboxylic acids is 1. The summed E-state index contributed by atoms with van der Waals surface area (Å²) in [5.41, 5.74) is 6.43. The molecule has 0 fully saturated rings. The molecule has 9 heteroatoms. The summed E-state index contributed by atoms with van der Waals surface area (Å²) in [6.07, 6.45) is 2.46. The summed E-state index contributed by atoms with van der Waals surface area (Å²) in [4.78, 5) is 23.0. The highest BCUT2D eigenvalue weighted by atomic mass is 19.1. The van der Waals surface area contributed by atoms with Gasteiger partial charge in [0.2, 0.25) is 0 Å². The number of nitrogens with zero attached hydrogens (tertiary/aromatic N) is 4. The molecule has 0 aliphatic carbocycles. The first-order valence-electron chi connectivity index (χ1n) is 4.86. The van der Waals surface area contributed by atoms with Crippen molar-refractivity contribution in [2.24, 2.45) is 5.11 Å². The zero-order chi connectivity index (χ0) is 14.4. The summed E-state index contributed by atoms with van der Waals surface area (Å²) in [6, 6.07) is 1.39. The maximum absolute atomic E-state index is 13.5. The second-order valence-electron chi connectivity index (χ2n) is 3.27. The molecule has 0 heterocycles. The average Bonchev–Trinajstić information content (AvgIpc) is 2.35. The van der Waals surface area contributed by atoms with Gasteiger partial charge in [-0.25, -0.2) is 9.18 Å². The molecule has 0 amide bonds. The van der Waals surface area contributed by atoms with Crippen molar-refractivity contribution in [1.82, 2.24) is 0 Å². The van der Waals surface area contributed by atoms with Crippen molar-refractivity contribution in [3.05, 3.63) is 55.7 Å². The van der Waals surface area contributed by atoms with Crippen LogP contribution in [0.15, 0.2) is 23.3 Å². The highest BCUT2D eigenvalue weighted by molar-refractivity contribution is 5.92. The van der Waals surface area contributed by atoms with Crippen LogP contribution < -0.4 is 0 Å². The van der Waals surface area contributed by atoms with Gasteiger partial charge < -0.3 is 5.11 Å². The Labute approximate surface area is 105 Å². The summed E-state index contributed by atoms with van der Waals surface area (Å²) in [5, 5.41) is 22.6. The Hall–Kier alpha value is -2.93. The van der Waals surface area contributed by atoms with E-state index in [1.807, 2.05) is 0 Å². The van der Waals surface area contributed by atoms with Gasteiger partial charge in [0.05, 0.1) is 4.92 Å². The molecule has 8 nitrogen and oxygen atoms in total.